The fraction of sp³-hybridized carbons (Fsp3) is 0.267. The lowest BCUT2D eigenvalue weighted by molar-refractivity contribution is 0.0276. The third-order valence-electron chi connectivity index (χ3n) is 12.4. The van der Waals surface area contributed by atoms with Crippen LogP contribution < -0.4 is 4.74 Å². The van der Waals surface area contributed by atoms with Crippen molar-refractivity contribution in [2.24, 2.45) is 0 Å². The maximum absolute atomic E-state index is 14.0. The van der Waals surface area contributed by atoms with Crippen molar-refractivity contribution in [1.82, 2.24) is 19.6 Å². The molecule has 4 amide bonds. The molecule has 0 fully saturated rings. The summed E-state index contributed by atoms with van der Waals surface area (Å²) in [5, 5.41) is 8.08. The Balaban J connectivity index is 0.943. The normalized spacial score (nSPS) is 11.7. The molecule has 11 heteroatoms. The van der Waals surface area contributed by atoms with E-state index < -0.39 is 23.4 Å². The molecule has 0 N–H and O–H groups in total. The van der Waals surface area contributed by atoms with E-state index in [1.54, 1.807) is 96.3 Å². The van der Waals surface area contributed by atoms with E-state index in [2.05, 4.69) is 48.5 Å². The Morgan fingerprint density at radius 2 is 0.577 bits per heavy atom. The third kappa shape index (κ3) is 11.1. The minimum Gasteiger partial charge on any atom is -0.457 e. The van der Waals surface area contributed by atoms with Crippen LogP contribution in [0.15, 0.2) is 146 Å². The van der Waals surface area contributed by atoms with E-state index in [0.29, 0.717) is 48.8 Å². The minimum atomic E-state index is -0.615. The van der Waals surface area contributed by atoms with Crippen LogP contribution in [0.5, 0.6) is 11.5 Å². The highest BCUT2D eigenvalue weighted by Crippen LogP contribution is 2.37. The summed E-state index contributed by atoms with van der Waals surface area (Å²) in [5.41, 5.74) is 3.84. The van der Waals surface area contributed by atoms with Crippen molar-refractivity contribution in [2.75, 3.05) is 28.2 Å². The number of hydrogen-bond acceptors (Lipinski definition) is 7. The largest absolute Gasteiger partial charge is 0.457 e. The first-order valence-electron chi connectivity index (χ1n) is 23.9. The highest BCUT2D eigenvalue weighted by molar-refractivity contribution is 6.08. The molecule has 0 unspecified atom stereocenters. The van der Waals surface area contributed by atoms with Gasteiger partial charge in [-0.3, -0.25) is 9.59 Å². The Bertz CT molecular complexity index is 2960. The van der Waals surface area contributed by atoms with Gasteiger partial charge in [0.15, 0.2) is 0 Å². The van der Waals surface area contributed by atoms with Gasteiger partial charge in [0.25, 0.3) is 11.8 Å². The van der Waals surface area contributed by atoms with Gasteiger partial charge in [0.1, 0.15) is 22.7 Å². The van der Waals surface area contributed by atoms with Crippen LogP contribution in [0.1, 0.15) is 84.5 Å². The maximum atomic E-state index is 14.0. The molecule has 8 aromatic carbocycles. The molecule has 0 aliphatic heterocycles. The predicted octanol–water partition coefficient (Wildman–Crippen LogP) is 13.4. The number of nitrogens with zero attached hydrogens (tertiary/aromatic N) is 4. The number of benzene rings is 8. The van der Waals surface area contributed by atoms with E-state index >= 15 is 0 Å². The van der Waals surface area contributed by atoms with Crippen LogP contribution in [0.2, 0.25) is 0 Å². The fourth-order valence-corrected chi connectivity index (χ4v) is 9.11. The van der Waals surface area contributed by atoms with Crippen LogP contribution in [0, 0.1) is 0 Å². The SMILES string of the molecule is CN(Cc1c2ccccc2c(CN(C)C(=O)c2ccc(Oc3ccc(C(=O)N(C)Cc4c5ccccc5c(CN(C)C(=O)OC(C)(C)C)c5ccccc45)cc3)cc2)c2ccccc12)C(=O)OC(C)(C)C. The molecule has 0 aliphatic rings. The number of fused-ring (bicyclic) bond motifs is 4. The molecular weight excluding hydrogens is 889 g/mol. The lowest BCUT2D eigenvalue weighted by Crippen LogP contribution is -2.34. The standard InChI is InChI=1S/C60H62N4O7/c1-59(2,3)70-57(67)63(9)37-53-47-23-15-11-19-43(47)51(44-20-12-16-24-48(44)53)35-61(7)55(65)39-27-31-41(32-28-39)69-42-33-29-40(30-34-42)56(66)62(8)36-52-45-21-13-17-25-49(45)54(50-26-18-14-22-46(50)52)38-64(10)58(68)71-60(4,5)6/h11-34H,35-38H2,1-10H3. The summed E-state index contributed by atoms with van der Waals surface area (Å²) in [7, 11) is 7.10. The van der Waals surface area contributed by atoms with Gasteiger partial charge >= 0.3 is 12.2 Å². The highest BCUT2D eigenvalue weighted by atomic mass is 16.6. The van der Waals surface area contributed by atoms with E-state index in [9.17, 15) is 19.2 Å². The van der Waals surface area contributed by atoms with Gasteiger partial charge in [0.2, 0.25) is 0 Å². The zero-order valence-corrected chi connectivity index (χ0v) is 42.3. The quantitative estimate of drug-likeness (QED) is 0.112. The second kappa shape index (κ2) is 20.2. The van der Waals surface area contributed by atoms with Crippen molar-refractivity contribution in [3.63, 3.8) is 0 Å². The van der Waals surface area contributed by atoms with Crippen LogP contribution in [0.3, 0.4) is 0 Å². The summed E-state index contributed by atoms with van der Waals surface area (Å²) in [6.07, 6.45) is -0.791. The second-order valence-corrected chi connectivity index (χ2v) is 20.2. The highest BCUT2D eigenvalue weighted by Gasteiger charge is 2.25. The topological polar surface area (TPSA) is 109 Å². The van der Waals surface area contributed by atoms with Gasteiger partial charge in [-0.25, -0.2) is 9.59 Å². The van der Waals surface area contributed by atoms with Gasteiger partial charge < -0.3 is 33.8 Å². The average Bonchev–Trinajstić information content (AvgIpc) is 3.34. The zero-order chi connectivity index (χ0) is 50.8. The van der Waals surface area contributed by atoms with Gasteiger partial charge in [-0.05, 0) is 155 Å². The molecule has 8 rings (SSSR count). The summed E-state index contributed by atoms with van der Waals surface area (Å²) in [5.74, 6) is 0.800. The number of hydrogen-bond donors (Lipinski definition) is 0. The van der Waals surface area contributed by atoms with Gasteiger partial charge in [-0.2, -0.15) is 0 Å². The molecule has 0 atom stereocenters. The molecule has 11 nitrogen and oxygen atoms in total. The first kappa shape index (κ1) is 49.5. The summed E-state index contributed by atoms with van der Waals surface area (Å²) in [6.45, 7) is 12.6. The Labute approximate surface area is 416 Å². The van der Waals surface area contributed by atoms with Crippen LogP contribution in [0.25, 0.3) is 43.1 Å². The van der Waals surface area contributed by atoms with Crippen molar-refractivity contribution in [1.29, 1.82) is 0 Å². The molecule has 0 radical (unpaired) electrons. The molecular formula is C60H62N4O7. The van der Waals surface area contributed by atoms with Gasteiger partial charge in [0, 0.05) is 65.5 Å². The summed E-state index contributed by atoms with van der Waals surface area (Å²) in [4.78, 5) is 60.6. The van der Waals surface area contributed by atoms with Crippen LogP contribution in [-0.4, -0.2) is 83.0 Å². The zero-order valence-electron chi connectivity index (χ0n) is 42.3. The Morgan fingerprint density at radius 1 is 0.352 bits per heavy atom. The van der Waals surface area contributed by atoms with E-state index in [-0.39, 0.29) is 11.8 Å². The second-order valence-electron chi connectivity index (χ2n) is 20.2. The van der Waals surface area contributed by atoms with Gasteiger partial charge in [-0.1, -0.05) is 97.1 Å². The molecule has 0 aliphatic carbocycles. The van der Waals surface area contributed by atoms with Crippen molar-refractivity contribution >= 4 is 67.1 Å². The van der Waals surface area contributed by atoms with Crippen molar-refractivity contribution in [3.8, 4) is 11.5 Å². The average molecular weight is 951 g/mol. The lowest BCUT2D eigenvalue weighted by atomic mass is 9.91. The number of ether oxygens (including phenoxy) is 3. The van der Waals surface area contributed by atoms with E-state index in [4.69, 9.17) is 14.2 Å². The molecule has 0 bridgehead atoms. The van der Waals surface area contributed by atoms with Crippen molar-refractivity contribution in [2.45, 2.75) is 78.9 Å². The van der Waals surface area contributed by atoms with E-state index in [0.717, 1.165) is 65.3 Å². The van der Waals surface area contributed by atoms with Gasteiger partial charge in [-0.15, -0.1) is 0 Å². The molecule has 0 spiro atoms. The molecule has 8 aromatic rings. The minimum absolute atomic E-state index is 0.145. The summed E-state index contributed by atoms with van der Waals surface area (Å²) in [6, 6.07) is 46.6. The summed E-state index contributed by atoms with van der Waals surface area (Å²) >= 11 is 0. The van der Waals surface area contributed by atoms with Crippen LogP contribution >= 0.6 is 0 Å². The number of carbonyl (C=O) groups is 4. The smallest absolute Gasteiger partial charge is 0.410 e. The maximum Gasteiger partial charge on any atom is 0.410 e. The fourth-order valence-electron chi connectivity index (χ4n) is 9.11. The van der Waals surface area contributed by atoms with E-state index in [1.807, 2.05) is 90.1 Å². The van der Waals surface area contributed by atoms with Crippen molar-refractivity contribution in [3.05, 3.63) is 179 Å². The first-order valence-corrected chi connectivity index (χ1v) is 23.9. The Morgan fingerprint density at radius 3 is 0.803 bits per heavy atom. The molecule has 0 saturated carbocycles. The van der Waals surface area contributed by atoms with Crippen LogP contribution in [0.4, 0.5) is 9.59 Å². The van der Waals surface area contributed by atoms with Crippen molar-refractivity contribution < 1.29 is 33.4 Å². The monoisotopic (exact) mass is 950 g/mol. The number of rotatable bonds is 12. The number of carbonyl (C=O) groups excluding carboxylic acids is 4. The van der Waals surface area contributed by atoms with E-state index in [1.165, 1.54) is 0 Å². The molecule has 364 valence electrons. The number of amides is 4. The molecule has 0 saturated heterocycles. The summed E-state index contributed by atoms with van der Waals surface area (Å²) < 4.78 is 17.5. The third-order valence-corrected chi connectivity index (χ3v) is 12.4. The van der Waals surface area contributed by atoms with Crippen LogP contribution in [-0.2, 0) is 35.7 Å². The van der Waals surface area contributed by atoms with Gasteiger partial charge in [0.05, 0.1) is 0 Å². The Hall–Kier alpha value is -7.92. The predicted molar refractivity (Wildman–Crippen MR) is 283 cm³/mol. The molecule has 0 aromatic heterocycles. The lowest BCUT2D eigenvalue weighted by Gasteiger charge is -2.26. The molecule has 71 heavy (non-hydrogen) atoms. The Kier molecular flexibility index (Phi) is 14.1. The first-order chi connectivity index (χ1) is 33.8. The molecule has 0 heterocycles.